The molecule has 1 N–H and O–H groups in total. The molecule has 0 saturated carbocycles. The van der Waals surface area contributed by atoms with Crippen LogP contribution in [0.25, 0.3) is 16.8 Å². The molecule has 0 aromatic carbocycles. The topological polar surface area (TPSA) is 75.2 Å². The van der Waals surface area contributed by atoms with Gasteiger partial charge in [0, 0.05) is 29.4 Å². The van der Waals surface area contributed by atoms with E-state index in [-0.39, 0.29) is 24.8 Å². The van der Waals surface area contributed by atoms with Crippen molar-refractivity contribution in [3.05, 3.63) is 44.8 Å². The first-order valence-corrected chi connectivity index (χ1v) is 11.8. The van der Waals surface area contributed by atoms with Crippen LogP contribution in [0.5, 0.6) is 0 Å². The van der Waals surface area contributed by atoms with Gasteiger partial charge in [-0.05, 0) is 29.0 Å². The number of thiophene rings is 2. The van der Waals surface area contributed by atoms with E-state index in [1.807, 2.05) is 41.1 Å². The fourth-order valence-corrected chi connectivity index (χ4v) is 5.72. The molecule has 6 nitrogen and oxygen atoms in total. The highest BCUT2D eigenvalue weighted by atomic mass is 32.2. The van der Waals surface area contributed by atoms with Gasteiger partial charge in [-0.15, -0.1) is 22.7 Å². The molecule has 142 valence electrons. The van der Waals surface area contributed by atoms with E-state index in [1.54, 1.807) is 22.7 Å². The summed E-state index contributed by atoms with van der Waals surface area (Å²) in [6.07, 6.45) is 1.96. The number of anilines is 1. The maximum atomic E-state index is 12.6. The van der Waals surface area contributed by atoms with Crippen LogP contribution in [-0.2, 0) is 9.59 Å². The second-order valence-electron chi connectivity index (χ2n) is 5.55. The number of rotatable bonds is 6. The largest absolute Gasteiger partial charge is 0.301 e. The van der Waals surface area contributed by atoms with Crippen molar-refractivity contribution in [2.24, 2.45) is 0 Å². The van der Waals surface area contributed by atoms with Gasteiger partial charge in [-0.1, -0.05) is 36.1 Å². The van der Waals surface area contributed by atoms with E-state index in [1.165, 1.54) is 16.7 Å². The average molecular weight is 465 g/mol. The third-order valence-corrected chi connectivity index (χ3v) is 7.36. The first-order chi connectivity index (χ1) is 13.6. The summed E-state index contributed by atoms with van der Waals surface area (Å²) in [6.45, 7) is 0.231. The van der Waals surface area contributed by atoms with Gasteiger partial charge in [0.05, 0.1) is 9.78 Å². The van der Waals surface area contributed by atoms with Gasteiger partial charge < -0.3 is 5.32 Å². The van der Waals surface area contributed by atoms with Crippen molar-refractivity contribution in [1.82, 2.24) is 14.3 Å². The minimum absolute atomic E-state index is 0.132. The van der Waals surface area contributed by atoms with Crippen LogP contribution < -0.4 is 5.32 Å². The van der Waals surface area contributed by atoms with Crippen molar-refractivity contribution >= 4 is 85.5 Å². The number of carbonyl (C=O) groups excluding carboxylic acids is 2. The van der Waals surface area contributed by atoms with Gasteiger partial charge in [0.25, 0.3) is 5.91 Å². The van der Waals surface area contributed by atoms with E-state index < -0.39 is 0 Å². The Labute approximate surface area is 182 Å². The highest BCUT2D eigenvalue weighted by Gasteiger charge is 2.32. The summed E-state index contributed by atoms with van der Waals surface area (Å²) < 4.78 is 4.72. The van der Waals surface area contributed by atoms with Gasteiger partial charge in [-0.2, -0.15) is 9.36 Å². The number of hydrogen-bond donors (Lipinski definition) is 1. The zero-order chi connectivity index (χ0) is 19.5. The van der Waals surface area contributed by atoms with Gasteiger partial charge in [-0.3, -0.25) is 14.5 Å². The molecule has 0 atom stereocenters. The summed E-state index contributed by atoms with van der Waals surface area (Å²) in [5.74, 6) is 0.211. The smallest absolute Gasteiger partial charge is 0.266 e. The van der Waals surface area contributed by atoms with Crippen molar-refractivity contribution in [3.63, 3.8) is 0 Å². The lowest BCUT2D eigenvalue weighted by molar-refractivity contribution is -0.122. The molecule has 0 unspecified atom stereocenters. The molecular weight excluding hydrogens is 453 g/mol. The lowest BCUT2D eigenvalue weighted by Gasteiger charge is -2.13. The minimum Gasteiger partial charge on any atom is -0.301 e. The van der Waals surface area contributed by atoms with Crippen molar-refractivity contribution in [3.8, 4) is 10.7 Å². The number of thioether (sulfide) groups is 1. The van der Waals surface area contributed by atoms with Crippen LogP contribution in [0.3, 0.4) is 0 Å². The molecule has 2 amide bonds. The lowest BCUT2D eigenvalue weighted by Crippen LogP contribution is -2.31. The van der Waals surface area contributed by atoms with E-state index in [2.05, 4.69) is 14.7 Å². The van der Waals surface area contributed by atoms with E-state index in [4.69, 9.17) is 12.2 Å². The minimum atomic E-state index is -0.231. The fourth-order valence-electron chi connectivity index (χ4n) is 2.37. The Kier molecular flexibility index (Phi) is 5.97. The van der Waals surface area contributed by atoms with Crippen molar-refractivity contribution in [2.75, 3.05) is 11.9 Å². The second kappa shape index (κ2) is 8.62. The number of nitrogens with zero attached hydrogens (tertiary/aromatic N) is 3. The van der Waals surface area contributed by atoms with Crippen LogP contribution in [0.4, 0.5) is 5.13 Å². The average Bonchev–Trinajstić information content (AvgIpc) is 3.44. The molecule has 1 saturated heterocycles. The van der Waals surface area contributed by atoms with Crippen LogP contribution in [0.15, 0.2) is 39.9 Å². The summed E-state index contributed by atoms with van der Waals surface area (Å²) >= 11 is 10.8. The second-order valence-corrected chi connectivity index (χ2v) is 9.90. The van der Waals surface area contributed by atoms with Gasteiger partial charge in [-0.25, -0.2) is 0 Å². The molecule has 1 aliphatic heterocycles. The fraction of sp³-hybridized carbons (Fsp3) is 0.118. The maximum Gasteiger partial charge on any atom is 0.266 e. The van der Waals surface area contributed by atoms with Crippen molar-refractivity contribution < 1.29 is 9.59 Å². The molecule has 11 heteroatoms. The molecule has 0 aliphatic carbocycles. The molecule has 3 aromatic heterocycles. The number of amides is 2. The van der Waals surface area contributed by atoms with E-state index >= 15 is 0 Å². The highest BCUT2D eigenvalue weighted by molar-refractivity contribution is 8.26. The van der Waals surface area contributed by atoms with Gasteiger partial charge in [0.1, 0.15) is 4.32 Å². The molecular formula is C17H12N4O2S5. The normalized spacial score (nSPS) is 15.6. The Hall–Kier alpha value is -1.92. The van der Waals surface area contributed by atoms with E-state index in [9.17, 15) is 9.59 Å². The summed E-state index contributed by atoms with van der Waals surface area (Å²) in [5, 5.41) is 7.08. The SMILES string of the molecule is O=C(CCN1C(=O)/C(=C/c2cccs2)SC1=S)Nc1nc(-c2cccs2)ns1. The molecule has 28 heavy (non-hydrogen) atoms. The van der Waals surface area contributed by atoms with Crippen molar-refractivity contribution in [2.45, 2.75) is 6.42 Å². The van der Waals surface area contributed by atoms with Crippen LogP contribution >= 0.6 is 58.2 Å². The molecule has 1 aliphatic rings. The first kappa shape index (κ1) is 19.4. The standard InChI is InChI=1S/C17H12N4O2S5/c22-13(18-16-19-14(20-28-16)11-4-2-8-26-11)5-6-21-15(23)12(27-17(21)24)9-10-3-1-7-25-10/h1-4,7-9H,5-6H2,(H,18,19,20,22)/b12-9-. The quantitative estimate of drug-likeness (QED) is 0.426. The Morgan fingerprint density at radius 1 is 1.25 bits per heavy atom. The molecule has 4 rings (SSSR count). The predicted molar refractivity (Wildman–Crippen MR) is 121 cm³/mol. The van der Waals surface area contributed by atoms with Crippen LogP contribution in [-0.4, -0.2) is 36.9 Å². The maximum absolute atomic E-state index is 12.6. The third-order valence-electron chi connectivity index (χ3n) is 3.67. The van der Waals surface area contributed by atoms with Gasteiger partial charge in [0.15, 0.2) is 5.82 Å². The highest BCUT2D eigenvalue weighted by Crippen LogP contribution is 2.33. The third kappa shape index (κ3) is 4.39. The Balaban J connectivity index is 1.33. The van der Waals surface area contributed by atoms with Gasteiger partial charge >= 0.3 is 0 Å². The van der Waals surface area contributed by atoms with Crippen LogP contribution in [0.2, 0.25) is 0 Å². The van der Waals surface area contributed by atoms with Crippen LogP contribution in [0, 0.1) is 0 Å². The van der Waals surface area contributed by atoms with E-state index in [0.717, 1.165) is 21.3 Å². The number of nitrogens with one attached hydrogen (secondary N) is 1. The molecule has 3 aromatic rings. The summed E-state index contributed by atoms with van der Waals surface area (Å²) in [4.78, 5) is 33.1. The predicted octanol–water partition coefficient (Wildman–Crippen LogP) is 4.56. The lowest BCUT2D eigenvalue weighted by atomic mass is 10.3. The molecule has 0 radical (unpaired) electrons. The first-order valence-electron chi connectivity index (χ1n) is 8.06. The zero-order valence-corrected chi connectivity index (χ0v) is 18.2. The van der Waals surface area contributed by atoms with Gasteiger partial charge in [0.2, 0.25) is 11.0 Å². The zero-order valence-electron chi connectivity index (χ0n) is 14.2. The number of hydrogen-bond acceptors (Lipinski definition) is 9. The van der Waals surface area contributed by atoms with E-state index in [0.29, 0.717) is 20.2 Å². The summed E-state index contributed by atoms with van der Waals surface area (Å²) in [7, 11) is 0. The molecule has 0 spiro atoms. The monoisotopic (exact) mass is 464 g/mol. The molecule has 1 fully saturated rings. The summed E-state index contributed by atoms with van der Waals surface area (Å²) in [6, 6.07) is 7.72. The summed E-state index contributed by atoms with van der Waals surface area (Å²) in [5.41, 5.74) is 0. The number of carbonyl (C=O) groups is 2. The number of thiocarbonyl (C=S) groups is 1. The molecule has 4 heterocycles. The van der Waals surface area contributed by atoms with Crippen molar-refractivity contribution in [1.29, 1.82) is 0 Å². The molecule has 0 bridgehead atoms. The Morgan fingerprint density at radius 2 is 2.07 bits per heavy atom. The van der Waals surface area contributed by atoms with Crippen LogP contribution in [0.1, 0.15) is 11.3 Å². The Morgan fingerprint density at radius 3 is 2.82 bits per heavy atom. The Bertz CT molecular complexity index is 1040. The number of aromatic nitrogens is 2.